The van der Waals surface area contributed by atoms with Gasteiger partial charge in [0.05, 0.1) is 23.8 Å². The number of carbonyl (C=O) groups excluding carboxylic acids is 1. The van der Waals surface area contributed by atoms with Gasteiger partial charge in [-0.1, -0.05) is 11.3 Å². The summed E-state index contributed by atoms with van der Waals surface area (Å²) in [6, 6.07) is 1.28. The molecule has 0 aromatic carbocycles. The third-order valence-corrected chi connectivity index (χ3v) is 9.08. The Hall–Kier alpha value is -2.12. The summed E-state index contributed by atoms with van der Waals surface area (Å²) in [6.07, 6.45) is 5.60. The third-order valence-electron chi connectivity index (χ3n) is 6.44. The first-order valence-electron chi connectivity index (χ1n) is 11.8. The van der Waals surface area contributed by atoms with E-state index in [2.05, 4.69) is 20.0 Å². The molecule has 3 N–H and O–H groups in total. The van der Waals surface area contributed by atoms with Crippen molar-refractivity contribution in [1.82, 2.24) is 14.7 Å². The topological polar surface area (TPSA) is 140 Å². The van der Waals surface area contributed by atoms with E-state index in [0.29, 0.717) is 67.6 Å². The Bertz CT molecular complexity index is 1140. The number of carbonyl (C=O) groups is 1. The molecular weight excluding hydrogens is 492 g/mol. The molecule has 35 heavy (non-hydrogen) atoms. The second-order valence-electron chi connectivity index (χ2n) is 9.10. The second-order valence-corrected chi connectivity index (χ2v) is 11.8. The number of methoxy groups -OCH3 is 1. The fraction of sp³-hybridized carbons (Fsp3) is 0.609. The number of nitrogens with one attached hydrogen (secondary N) is 2. The van der Waals surface area contributed by atoms with E-state index >= 15 is 0 Å². The van der Waals surface area contributed by atoms with Crippen molar-refractivity contribution in [3.05, 3.63) is 18.0 Å². The SMILES string of the molecule is COc1ncc(-c2sc(NC(=O)CC3CCOCC3)nc2C)cc1S(=O)(=O)N[C@H]1CC[C@H](O)CC1. The van der Waals surface area contributed by atoms with Gasteiger partial charge in [0.1, 0.15) is 4.90 Å². The van der Waals surface area contributed by atoms with Crippen LogP contribution in [0.15, 0.2) is 17.2 Å². The zero-order valence-electron chi connectivity index (χ0n) is 20.0. The van der Waals surface area contributed by atoms with Crippen molar-refractivity contribution in [1.29, 1.82) is 0 Å². The lowest BCUT2D eigenvalue weighted by atomic mass is 9.94. The molecule has 3 heterocycles. The van der Waals surface area contributed by atoms with Crippen LogP contribution in [0.3, 0.4) is 0 Å². The second kappa shape index (κ2) is 11.3. The van der Waals surface area contributed by atoms with Crippen LogP contribution in [0.4, 0.5) is 5.13 Å². The number of aliphatic hydroxyl groups excluding tert-OH is 1. The summed E-state index contributed by atoms with van der Waals surface area (Å²) < 4.78 is 39.7. The van der Waals surface area contributed by atoms with Crippen molar-refractivity contribution in [2.75, 3.05) is 25.6 Å². The molecule has 4 rings (SSSR count). The highest BCUT2D eigenvalue weighted by molar-refractivity contribution is 7.89. The molecular formula is C23H32N4O6S2. The molecule has 1 amide bonds. The Balaban J connectivity index is 1.51. The van der Waals surface area contributed by atoms with Crippen LogP contribution in [0.25, 0.3) is 10.4 Å². The number of amides is 1. The molecule has 0 unspecified atom stereocenters. The van der Waals surface area contributed by atoms with Crippen LogP contribution in [0, 0.1) is 12.8 Å². The Morgan fingerprint density at radius 1 is 1.23 bits per heavy atom. The van der Waals surface area contributed by atoms with Crippen molar-refractivity contribution in [2.45, 2.75) is 68.9 Å². The minimum Gasteiger partial charge on any atom is -0.480 e. The number of hydrogen-bond acceptors (Lipinski definition) is 9. The van der Waals surface area contributed by atoms with Gasteiger partial charge in [0.2, 0.25) is 21.8 Å². The predicted octanol–water partition coefficient (Wildman–Crippen LogP) is 2.86. The maximum atomic E-state index is 13.2. The lowest BCUT2D eigenvalue weighted by Crippen LogP contribution is -2.38. The average Bonchev–Trinajstić information content (AvgIpc) is 3.20. The van der Waals surface area contributed by atoms with E-state index in [1.807, 2.05) is 6.92 Å². The van der Waals surface area contributed by atoms with Gasteiger partial charge in [0, 0.05) is 37.4 Å². The molecule has 1 aliphatic heterocycles. The van der Waals surface area contributed by atoms with Gasteiger partial charge in [-0.2, -0.15) is 0 Å². The van der Waals surface area contributed by atoms with Crippen LogP contribution in [-0.2, 0) is 19.6 Å². The van der Waals surface area contributed by atoms with Crippen LogP contribution in [0.2, 0.25) is 0 Å². The van der Waals surface area contributed by atoms with Gasteiger partial charge >= 0.3 is 0 Å². The van der Waals surface area contributed by atoms with Crippen molar-refractivity contribution in [2.24, 2.45) is 5.92 Å². The number of aliphatic hydroxyl groups is 1. The predicted molar refractivity (Wildman–Crippen MR) is 132 cm³/mol. The molecule has 0 spiro atoms. The van der Waals surface area contributed by atoms with Gasteiger partial charge in [-0.25, -0.2) is 23.1 Å². The minimum atomic E-state index is -3.91. The fourth-order valence-electron chi connectivity index (χ4n) is 4.48. The number of nitrogens with zero attached hydrogens (tertiary/aromatic N) is 2. The van der Waals surface area contributed by atoms with Crippen molar-refractivity contribution in [3.8, 4) is 16.3 Å². The van der Waals surface area contributed by atoms with Crippen LogP contribution in [0.1, 0.15) is 50.6 Å². The Morgan fingerprint density at radius 2 is 1.94 bits per heavy atom. The summed E-state index contributed by atoms with van der Waals surface area (Å²) in [5.41, 5.74) is 1.24. The van der Waals surface area contributed by atoms with Gasteiger partial charge in [0.15, 0.2) is 5.13 Å². The average molecular weight is 525 g/mol. The molecule has 2 aromatic heterocycles. The van der Waals surface area contributed by atoms with Crippen LogP contribution in [-0.4, -0.2) is 61.9 Å². The molecule has 2 fully saturated rings. The number of pyridine rings is 1. The molecule has 12 heteroatoms. The highest BCUT2D eigenvalue weighted by Crippen LogP contribution is 2.36. The van der Waals surface area contributed by atoms with E-state index in [0.717, 1.165) is 17.7 Å². The summed E-state index contributed by atoms with van der Waals surface area (Å²) in [6.45, 7) is 3.18. The van der Waals surface area contributed by atoms with Gasteiger partial charge in [-0.15, -0.1) is 0 Å². The highest BCUT2D eigenvalue weighted by Gasteiger charge is 2.28. The molecule has 2 aliphatic rings. The monoisotopic (exact) mass is 524 g/mol. The number of hydrogen-bond donors (Lipinski definition) is 3. The van der Waals surface area contributed by atoms with E-state index in [9.17, 15) is 18.3 Å². The summed E-state index contributed by atoms with van der Waals surface area (Å²) in [7, 11) is -2.53. The maximum absolute atomic E-state index is 13.2. The van der Waals surface area contributed by atoms with Crippen molar-refractivity contribution >= 4 is 32.4 Å². The number of rotatable bonds is 8. The fourth-order valence-corrected chi connectivity index (χ4v) is 6.89. The molecule has 1 saturated heterocycles. The Morgan fingerprint density at radius 3 is 2.63 bits per heavy atom. The highest BCUT2D eigenvalue weighted by atomic mass is 32.2. The molecule has 2 aromatic rings. The Kier molecular flexibility index (Phi) is 8.38. The third kappa shape index (κ3) is 6.56. The zero-order chi connectivity index (χ0) is 25.0. The summed E-state index contributed by atoms with van der Waals surface area (Å²) in [5, 5.41) is 13.1. The number of sulfonamides is 1. The normalized spacial score (nSPS) is 21.6. The van der Waals surface area contributed by atoms with E-state index in [4.69, 9.17) is 9.47 Å². The maximum Gasteiger partial charge on any atom is 0.246 e. The van der Waals surface area contributed by atoms with E-state index in [-0.39, 0.29) is 28.8 Å². The first-order chi connectivity index (χ1) is 16.7. The summed E-state index contributed by atoms with van der Waals surface area (Å²) in [5.74, 6) is 0.224. The quantitative estimate of drug-likeness (QED) is 0.479. The molecule has 1 aliphatic carbocycles. The zero-order valence-corrected chi connectivity index (χ0v) is 21.6. The van der Waals surface area contributed by atoms with Crippen LogP contribution < -0.4 is 14.8 Å². The lowest BCUT2D eigenvalue weighted by molar-refractivity contribution is -0.117. The van der Waals surface area contributed by atoms with Crippen molar-refractivity contribution in [3.63, 3.8) is 0 Å². The summed E-state index contributed by atoms with van der Waals surface area (Å²) in [4.78, 5) is 21.9. The molecule has 0 bridgehead atoms. The van der Waals surface area contributed by atoms with E-state index < -0.39 is 10.0 Å². The molecule has 0 atom stereocenters. The number of aromatic nitrogens is 2. The number of thiazole rings is 1. The van der Waals surface area contributed by atoms with Gasteiger partial charge in [0.25, 0.3) is 0 Å². The Labute approximate surface area is 209 Å². The molecule has 0 radical (unpaired) electrons. The van der Waals surface area contributed by atoms with Crippen LogP contribution >= 0.6 is 11.3 Å². The summed E-state index contributed by atoms with van der Waals surface area (Å²) >= 11 is 1.28. The molecule has 192 valence electrons. The van der Waals surface area contributed by atoms with Crippen LogP contribution in [0.5, 0.6) is 5.88 Å². The first kappa shape index (κ1) is 26.0. The van der Waals surface area contributed by atoms with Gasteiger partial charge < -0.3 is 19.9 Å². The number of aryl methyl sites for hydroxylation is 1. The molecule has 1 saturated carbocycles. The lowest BCUT2D eigenvalue weighted by Gasteiger charge is -2.26. The van der Waals surface area contributed by atoms with Gasteiger partial charge in [-0.05, 0) is 57.4 Å². The standard InChI is InChI=1S/C23H32N4O6S2/c1-14-21(34-23(25-14)26-20(29)11-15-7-9-33-10-8-15)16-12-19(22(32-2)24-13-16)35(30,31)27-17-3-5-18(28)6-4-17/h12-13,15,17-18,27-28H,3-11H2,1-2H3,(H,25,26,29)/t17-,18-. The van der Waals surface area contributed by atoms with E-state index in [1.165, 1.54) is 24.5 Å². The minimum absolute atomic E-state index is 0.00394. The van der Waals surface area contributed by atoms with Gasteiger partial charge in [-0.3, -0.25) is 4.79 Å². The number of ether oxygens (including phenoxy) is 2. The smallest absolute Gasteiger partial charge is 0.246 e. The largest absolute Gasteiger partial charge is 0.480 e. The first-order valence-corrected chi connectivity index (χ1v) is 14.1. The van der Waals surface area contributed by atoms with Crippen molar-refractivity contribution < 1.29 is 27.8 Å². The number of anilines is 1. The van der Waals surface area contributed by atoms with E-state index in [1.54, 1.807) is 6.20 Å². The molecule has 10 nitrogen and oxygen atoms in total.